The second-order valence-corrected chi connectivity index (χ2v) is 17.7. The zero-order valence-corrected chi connectivity index (χ0v) is 26.5. The largest absolute Gasteiger partial charge is 0.481 e. The number of nitrogens with zero attached hydrogens (tertiary/aromatic N) is 3. The van der Waals surface area contributed by atoms with Crippen molar-refractivity contribution in [2.45, 2.75) is 90.5 Å². The molecule has 1 fully saturated rings. The Labute approximate surface area is 243 Å². The van der Waals surface area contributed by atoms with Gasteiger partial charge >= 0.3 is 5.97 Å². The molecule has 0 saturated heterocycles. The summed E-state index contributed by atoms with van der Waals surface area (Å²) in [6.45, 7) is 15.0. The summed E-state index contributed by atoms with van der Waals surface area (Å²) < 4.78 is 6.57. The standard InChI is InChI=1S/C29H41Cl2N3O4Si/c1-18(38-39(6,7)29(3,4)5)16-34(27(35)24-25(30)32-17-33-26(24)31)23-14-12-22(13-15-23)21-10-8-20(9-11-21)19(2)28(36)37/h12-15,17-21H,8-11,16H2,1-7H3,(H,36,37). The second kappa shape index (κ2) is 12.7. The Morgan fingerprint density at radius 1 is 1.05 bits per heavy atom. The van der Waals surface area contributed by atoms with Gasteiger partial charge in [0.05, 0.1) is 18.6 Å². The van der Waals surface area contributed by atoms with Crippen molar-refractivity contribution in [1.82, 2.24) is 9.97 Å². The lowest BCUT2D eigenvalue weighted by atomic mass is 9.74. The molecule has 1 aliphatic carbocycles. The van der Waals surface area contributed by atoms with Gasteiger partial charge in [-0.05, 0) is 80.3 Å². The van der Waals surface area contributed by atoms with Crippen molar-refractivity contribution >= 4 is 49.1 Å². The molecule has 214 valence electrons. The molecule has 1 heterocycles. The van der Waals surface area contributed by atoms with Crippen LogP contribution in [0.15, 0.2) is 30.6 Å². The highest BCUT2D eigenvalue weighted by Gasteiger charge is 2.39. The summed E-state index contributed by atoms with van der Waals surface area (Å²) in [6, 6.07) is 8.02. The van der Waals surface area contributed by atoms with Crippen molar-refractivity contribution in [1.29, 1.82) is 0 Å². The van der Waals surface area contributed by atoms with Gasteiger partial charge < -0.3 is 14.4 Å². The van der Waals surface area contributed by atoms with Crippen molar-refractivity contribution in [3.63, 3.8) is 0 Å². The molecule has 2 atom stereocenters. The second-order valence-electron chi connectivity index (χ2n) is 12.3. The van der Waals surface area contributed by atoms with Gasteiger partial charge in [-0.3, -0.25) is 9.59 Å². The van der Waals surface area contributed by atoms with Crippen LogP contribution in [0.25, 0.3) is 0 Å². The van der Waals surface area contributed by atoms with E-state index < -0.39 is 14.3 Å². The minimum atomic E-state index is -2.08. The third kappa shape index (κ3) is 7.60. The zero-order valence-electron chi connectivity index (χ0n) is 24.0. The molecule has 3 rings (SSSR count). The SMILES string of the molecule is CC(CN(C(=O)c1c(Cl)ncnc1Cl)c1ccc(C2CCC(C(C)C(=O)O)CC2)cc1)O[Si](C)(C)C(C)(C)C. The summed E-state index contributed by atoms with van der Waals surface area (Å²) in [7, 11) is -2.08. The highest BCUT2D eigenvalue weighted by molar-refractivity contribution is 6.74. The Hall–Kier alpha value is -2.00. The minimum Gasteiger partial charge on any atom is -0.481 e. The van der Waals surface area contributed by atoms with E-state index >= 15 is 0 Å². The van der Waals surface area contributed by atoms with E-state index in [-0.39, 0.29) is 44.8 Å². The first-order valence-corrected chi connectivity index (χ1v) is 17.3. The molecule has 10 heteroatoms. The van der Waals surface area contributed by atoms with Gasteiger partial charge in [0.2, 0.25) is 0 Å². The summed E-state index contributed by atoms with van der Waals surface area (Å²) in [5, 5.41) is 9.40. The predicted molar refractivity (Wildman–Crippen MR) is 159 cm³/mol. The first-order valence-electron chi connectivity index (χ1n) is 13.6. The number of anilines is 1. The van der Waals surface area contributed by atoms with Crippen LogP contribution in [-0.2, 0) is 9.22 Å². The average Bonchev–Trinajstić information content (AvgIpc) is 2.86. The lowest BCUT2D eigenvalue weighted by molar-refractivity contribution is -0.143. The van der Waals surface area contributed by atoms with Crippen LogP contribution in [0, 0.1) is 11.8 Å². The number of hydrogen-bond donors (Lipinski definition) is 1. The molecule has 7 nitrogen and oxygen atoms in total. The zero-order chi connectivity index (χ0) is 29.1. The number of aromatic nitrogens is 2. The number of hydrogen-bond acceptors (Lipinski definition) is 5. The number of carboxylic acids is 1. The number of carbonyl (C=O) groups is 2. The lowest BCUT2D eigenvalue weighted by Crippen LogP contribution is -2.47. The van der Waals surface area contributed by atoms with Crippen LogP contribution < -0.4 is 4.90 Å². The molecule has 0 bridgehead atoms. The fourth-order valence-corrected chi connectivity index (χ4v) is 6.93. The Balaban J connectivity index is 1.85. The number of rotatable bonds is 9. The van der Waals surface area contributed by atoms with Crippen molar-refractivity contribution in [2.24, 2.45) is 11.8 Å². The molecule has 1 saturated carbocycles. The molecule has 0 spiro atoms. The summed E-state index contributed by atoms with van der Waals surface area (Å²) in [4.78, 5) is 34.8. The van der Waals surface area contributed by atoms with Crippen LogP contribution in [0.1, 0.15) is 82.1 Å². The Bertz CT molecular complexity index is 1140. The highest BCUT2D eigenvalue weighted by Crippen LogP contribution is 2.40. The number of amides is 1. The summed E-state index contributed by atoms with van der Waals surface area (Å²) in [5.41, 5.74) is 1.96. The van der Waals surface area contributed by atoms with Crippen LogP contribution in [0.3, 0.4) is 0 Å². The number of carbonyl (C=O) groups excluding carboxylic acids is 1. The van der Waals surface area contributed by atoms with Gasteiger partial charge in [-0.2, -0.15) is 0 Å². The van der Waals surface area contributed by atoms with Gasteiger partial charge in [0.25, 0.3) is 5.91 Å². The fourth-order valence-electron chi connectivity index (χ4n) is 5.02. The Morgan fingerprint density at radius 3 is 2.08 bits per heavy atom. The first-order chi connectivity index (χ1) is 18.1. The topological polar surface area (TPSA) is 92.6 Å². The van der Waals surface area contributed by atoms with E-state index in [9.17, 15) is 14.7 Å². The molecule has 0 radical (unpaired) electrons. The van der Waals surface area contributed by atoms with E-state index in [1.807, 2.05) is 19.1 Å². The monoisotopic (exact) mass is 593 g/mol. The molecule has 1 aliphatic rings. The molecular formula is C29H41Cl2N3O4Si. The van der Waals surface area contributed by atoms with Crippen molar-refractivity contribution in [2.75, 3.05) is 11.4 Å². The van der Waals surface area contributed by atoms with E-state index in [0.717, 1.165) is 25.7 Å². The smallest absolute Gasteiger partial charge is 0.306 e. The molecule has 1 aromatic carbocycles. The maximum absolute atomic E-state index is 13.8. The molecule has 1 amide bonds. The Kier molecular flexibility index (Phi) is 10.2. The highest BCUT2D eigenvalue weighted by atomic mass is 35.5. The Morgan fingerprint density at radius 2 is 1.59 bits per heavy atom. The van der Waals surface area contributed by atoms with Gasteiger partial charge in [-0.1, -0.05) is 63.0 Å². The van der Waals surface area contributed by atoms with Crippen molar-refractivity contribution in [3.8, 4) is 0 Å². The normalized spacial score (nSPS) is 19.8. The number of halogens is 2. The first kappa shape index (κ1) is 31.5. The molecule has 1 N–H and O–H groups in total. The van der Waals surface area contributed by atoms with Gasteiger partial charge in [0, 0.05) is 5.69 Å². The van der Waals surface area contributed by atoms with E-state index in [1.165, 1.54) is 11.9 Å². The molecule has 39 heavy (non-hydrogen) atoms. The van der Waals surface area contributed by atoms with Crippen LogP contribution in [0.2, 0.25) is 28.4 Å². The minimum absolute atomic E-state index is 0.00642. The van der Waals surface area contributed by atoms with E-state index in [1.54, 1.807) is 11.8 Å². The molecule has 0 aliphatic heterocycles. The lowest BCUT2D eigenvalue weighted by Gasteiger charge is -2.39. The van der Waals surface area contributed by atoms with E-state index in [2.05, 4.69) is 56.0 Å². The maximum Gasteiger partial charge on any atom is 0.306 e. The van der Waals surface area contributed by atoms with Crippen molar-refractivity contribution in [3.05, 3.63) is 52.0 Å². The average molecular weight is 595 g/mol. The van der Waals surface area contributed by atoms with Crippen LogP contribution >= 0.6 is 23.2 Å². The molecule has 1 aromatic heterocycles. The third-order valence-corrected chi connectivity index (χ3v) is 13.7. The van der Waals surface area contributed by atoms with Gasteiger partial charge in [0.1, 0.15) is 22.2 Å². The predicted octanol–water partition coefficient (Wildman–Crippen LogP) is 7.84. The van der Waals surface area contributed by atoms with Crippen molar-refractivity contribution < 1.29 is 19.1 Å². The van der Waals surface area contributed by atoms with E-state index in [0.29, 0.717) is 18.2 Å². The quantitative estimate of drug-likeness (QED) is 0.235. The maximum atomic E-state index is 13.8. The van der Waals surface area contributed by atoms with Gasteiger partial charge in [0.15, 0.2) is 8.32 Å². The van der Waals surface area contributed by atoms with Gasteiger partial charge in [-0.25, -0.2) is 9.97 Å². The molecule has 2 aromatic rings. The fraction of sp³-hybridized carbons (Fsp3) is 0.586. The number of carboxylic acid groups (broad SMARTS) is 1. The van der Waals surface area contributed by atoms with Gasteiger partial charge in [-0.15, -0.1) is 0 Å². The third-order valence-electron chi connectivity index (χ3n) is 8.50. The summed E-state index contributed by atoms with van der Waals surface area (Å²) in [6.07, 6.45) is 4.71. The number of benzene rings is 1. The van der Waals surface area contributed by atoms with Crippen LogP contribution in [-0.4, -0.2) is 47.9 Å². The summed E-state index contributed by atoms with van der Waals surface area (Å²) >= 11 is 12.6. The van der Waals surface area contributed by atoms with Crippen LogP contribution in [0.4, 0.5) is 5.69 Å². The number of aliphatic carboxylic acids is 1. The molecule has 2 unspecified atom stereocenters. The molecular weight excluding hydrogens is 553 g/mol. The van der Waals surface area contributed by atoms with E-state index in [4.69, 9.17) is 27.6 Å². The van der Waals surface area contributed by atoms with Crippen LogP contribution in [0.5, 0.6) is 0 Å². The summed E-state index contributed by atoms with van der Waals surface area (Å²) in [5.74, 6) is -0.830.